The summed E-state index contributed by atoms with van der Waals surface area (Å²) in [4.78, 5) is 0. The zero-order chi connectivity index (χ0) is 14.0. The molecule has 1 N–H and O–H groups in total. The number of halogens is 2. The summed E-state index contributed by atoms with van der Waals surface area (Å²) >= 11 is 6.55. The van der Waals surface area contributed by atoms with E-state index in [9.17, 15) is 5.11 Å². The minimum Gasteiger partial charge on any atom is -0.497 e. The Balaban J connectivity index is 2.44. The Morgan fingerprint density at radius 2 is 1.89 bits per heavy atom. The summed E-state index contributed by atoms with van der Waals surface area (Å²) in [6.45, 7) is 0. The summed E-state index contributed by atoms with van der Waals surface area (Å²) in [5.41, 5.74) is 0.579. The maximum atomic E-state index is 10.4. The van der Waals surface area contributed by atoms with E-state index in [1.807, 2.05) is 0 Å². The second-order valence-corrected chi connectivity index (χ2v) is 5.36. The van der Waals surface area contributed by atoms with Gasteiger partial charge in [0.1, 0.15) is 23.4 Å². The predicted octanol–water partition coefficient (Wildman–Crippen LogP) is 3.90. The summed E-state index contributed by atoms with van der Waals surface area (Å²) in [6.07, 6.45) is -0.937. The van der Waals surface area contributed by atoms with E-state index in [1.165, 1.54) is 0 Å². The van der Waals surface area contributed by atoms with Crippen molar-refractivity contribution in [2.24, 2.45) is 0 Å². The molecule has 1 aromatic heterocycles. The quantitative estimate of drug-likeness (QED) is 0.858. The third-order valence-corrected chi connectivity index (χ3v) is 4.38. The van der Waals surface area contributed by atoms with E-state index in [2.05, 4.69) is 31.9 Å². The molecule has 1 unspecified atom stereocenters. The minimum atomic E-state index is -0.937. The molecule has 102 valence electrons. The van der Waals surface area contributed by atoms with Crippen LogP contribution in [0.2, 0.25) is 0 Å². The molecule has 0 amide bonds. The lowest BCUT2D eigenvalue weighted by Gasteiger charge is -2.14. The van der Waals surface area contributed by atoms with E-state index in [4.69, 9.17) is 13.9 Å². The lowest BCUT2D eigenvalue weighted by molar-refractivity contribution is 0.183. The molecular weight excluding hydrogens is 380 g/mol. The summed E-state index contributed by atoms with van der Waals surface area (Å²) in [5, 5.41) is 10.4. The van der Waals surface area contributed by atoms with Gasteiger partial charge in [0, 0.05) is 5.56 Å². The molecule has 2 aromatic rings. The van der Waals surface area contributed by atoms with Gasteiger partial charge < -0.3 is 19.0 Å². The Morgan fingerprint density at radius 1 is 1.16 bits per heavy atom. The fourth-order valence-electron chi connectivity index (χ4n) is 1.70. The smallest absolute Gasteiger partial charge is 0.183 e. The maximum absolute atomic E-state index is 10.4. The minimum absolute atomic E-state index is 0.408. The highest BCUT2D eigenvalue weighted by atomic mass is 79.9. The van der Waals surface area contributed by atoms with Gasteiger partial charge in [0.25, 0.3) is 0 Å². The first-order chi connectivity index (χ1) is 9.06. The Labute approximate surface area is 127 Å². The average molecular weight is 392 g/mol. The van der Waals surface area contributed by atoms with Crippen LogP contribution in [0.5, 0.6) is 11.5 Å². The van der Waals surface area contributed by atoms with Crippen molar-refractivity contribution in [3.05, 3.63) is 44.7 Å². The molecule has 2 rings (SSSR count). The van der Waals surface area contributed by atoms with E-state index < -0.39 is 6.10 Å². The van der Waals surface area contributed by atoms with E-state index in [0.717, 1.165) is 4.47 Å². The normalized spacial score (nSPS) is 12.3. The van der Waals surface area contributed by atoms with Crippen LogP contribution >= 0.6 is 31.9 Å². The molecular formula is C13H12Br2O4. The Hall–Kier alpha value is -0.980. The van der Waals surface area contributed by atoms with Crippen LogP contribution in [-0.4, -0.2) is 19.3 Å². The number of hydrogen-bond acceptors (Lipinski definition) is 4. The lowest BCUT2D eigenvalue weighted by atomic mass is 10.1. The van der Waals surface area contributed by atoms with Crippen molar-refractivity contribution in [3.8, 4) is 11.5 Å². The molecule has 1 aromatic carbocycles. The van der Waals surface area contributed by atoms with Crippen LogP contribution in [0, 0.1) is 0 Å². The van der Waals surface area contributed by atoms with Crippen LogP contribution in [0.4, 0.5) is 0 Å². The fraction of sp³-hybridized carbons (Fsp3) is 0.231. The first-order valence-corrected chi connectivity index (χ1v) is 7.00. The third-order valence-electron chi connectivity index (χ3n) is 2.67. The average Bonchev–Trinajstić information content (AvgIpc) is 2.77. The molecule has 0 aliphatic carbocycles. The summed E-state index contributed by atoms with van der Waals surface area (Å²) in [5.74, 6) is 1.61. The van der Waals surface area contributed by atoms with Gasteiger partial charge in [-0.05, 0) is 56.1 Å². The molecule has 0 aliphatic rings. The second kappa shape index (κ2) is 5.98. The summed E-state index contributed by atoms with van der Waals surface area (Å²) in [7, 11) is 3.12. The number of aliphatic hydroxyl groups is 1. The number of hydrogen-bond donors (Lipinski definition) is 1. The highest BCUT2D eigenvalue weighted by Crippen LogP contribution is 2.37. The van der Waals surface area contributed by atoms with Gasteiger partial charge >= 0.3 is 0 Å². The monoisotopic (exact) mass is 390 g/mol. The van der Waals surface area contributed by atoms with Gasteiger partial charge in [-0.25, -0.2) is 0 Å². The molecule has 0 saturated heterocycles. The Kier molecular flexibility index (Phi) is 4.54. The van der Waals surface area contributed by atoms with Crippen molar-refractivity contribution in [1.29, 1.82) is 0 Å². The van der Waals surface area contributed by atoms with Gasteiger partial charge in [-0.1, -0.05) is 0 Å². The van der Waals surface area contributed by atoms with Crippen molar-refractivity contribution in [1.82, 2.24) is 0 Å². The van der Waals surface area contributed by atoms with Gasteiger partial charge in [-0.2, -0.15) is 0 Å². The van der Waals surface area contributed by atoms with E-state index >= 15 is 0 Å². The SMILES string of the molecule is COc1ccc(OC)c(C(O)c2cc(Br)c(Br)o2)c1. The van der Waals surface area contributed by atoms with Crippen molar-refractivity contribution in [2.45, 2.75) is 6.10 Å². The van der Waals surface area contributed by atoms with Gasteiger partial charge in [0.2, 0.25) is 0 Å². The number of rotatable bonds is 4. The molecule has 0 bridgehead atoms. The van der Waals surface area contributed by atoms with Gasteiger partial charge in [0.15, 0.2) is 4.67 Å². The molecule has 0 aliphatic heterocycles. The molecule has 4 nitrogen and oxygen atoms in total. The van der Waals surface area contributed by atoms with Crippen LogP contribution in [0.3, 0.4) is 0 Å². The molecule has 6 heteroatoms. The van der Waals surface area contributed by atoms with Crippen LogP contribution < -0.4 is 9.47 Å². The standard InChI is InChI=1S/C13H12Br2O4/c1-17-7-3-4-10(18-2)8(5-7)12(16)11-6-9(14)13(15)19-11/h3-6,12,16H,1-2H3. The molecule has 1 atom stereocenters. The van der Waals surface area contributed by atoms with Gasteiger partial charge in [-0.15, -0.1) is 0 Å². The molecule has 0 spiro atoms. The van der Waals surface area contributed by atoms with Crippen LogP contribution in [0.1, 0.15) is 17.4 Å². The maximum Gasteiger partial charge on any atom is 0.183 e. The lowest BCUT2D eigenvalue weighted by Crippen LogP contribution is -2.02. The van der Waals surface area contributed by atoms with Crippen molar-refractivity contribution < 1.29 is 19.0 Å². The molecule has 0 saturated carbocycles. The first-order valence-electron chi connectivity index (χ1n) is 5.41. The Morgan fingerprint density at radius 3 is 2.42 bits per heavy atom. The number of aliphatic hydroxyl groups excluding tert-OH is 1. The second-order valence-electron chi connectivity index (χ2n) is 3.78. The zero-order valence-corrected chi connectivity index (χ0v) is 13.5. The topological polar surface area (TPSA) is 51.8 Å². The first kappa shape index (κ1) is 14.4. The predicted molar refractivity (Wildman–Crippen MR) is 77.7 cm³/mol. The van der Waals surface area contributed by atoms with Crippen molar-refractivity contribution >= 4 is 31.9 Å². The van der Waals surface area contributed by atoms with Gasteiger partial charge in [0.05, 0.1) is 18.7 Å². The summed E-state index contributed by atoms with van der Waals surface area (Å²) < 4.78 is 17.1. The van der Waals surface area contributed by atoms with E-state index in [-0.39, 0.29) is 0 Å². The largest absolute Gasteiger partial charge is 0.497 e. The molecule has 0 fully saturated rings. The molecule has 1 heterocycles. The van der Waals surface area contributed by atoms with Crippen LogP contribution in [0.15, 0.2) is 37.8 Å². The van der Waals surface area contributed by atoms with Gasteiger partial charge in [-0.3, -0.25) is 0 Å². The summed E-state index contributed by atoms with van der Waals surface area (Å²) in [6, 6.07) is 6.93. The molecule has 0 radical (unpaired) electrons. The highest BCUT2D eigenvalue weighted by molar-refractivity contribution is 9.13. The Bertz CT molecular complexity index is 561. The van der Waals surface area contributed by atoms with E-state index in [1.54, 1.807) is 38.5 Å². The number of ether oxygens (including phenoxy) is 2. The number of furan rings is 1. The number of methoxy groups -OCH3 is 2. The highest BCUT2D eigenvalue weighted by Gasteiger charge is 2.21. The fourth-order valence-corrected chi connectivity index (χ4v) is 2.31. The number of benzene rings is 1. The van der Waals surface area contributed by atoms with Crippen molar-refractivity contribution in [3.63, 3.8) is 0 Å². The van der Waals surface area contributed by atoms with E-state index in [0.29, 0.717) is 27.5 Å². The molecule has 19 heavy (non-hydrogen) atoms. The zero-order valence-electron chi connectivity index (χ0n) is 10.3. The third kappa shape index (κ3) is 2.96. The van der Waals surface area contributed by atoms with Crippen molar-refractivity contribution in [2.75, 3.05) is 14.2 Å². The van der Waals surface area contributed by atoms with Crippen LogP contribution in [0.25, 0.3) is 0 Å². The van der Waals surface area contributed by atoms with Crippen LogP contribution in [-0.2, 0) is 0 Å².